The highest BCUT2D eigenvalue weighted by molar-refractivity contribution is 7.92. The molecule has 2 aromatic carbocycles. The summed E-state index contributed by atoms with van der Waals surface area (Å²) in [6, 6.07) is 14.2. The van der Waals surface area contributed by atoms with Gasteiger partial charge in [0.2, 0.25) is 11.8 Å². The van der Waals surface area contributed by atoms with Crippen LogP contribution in [0.2, 0.25) is 0 Å². The lowest BCUT2D eigenvalue weighted by Crippen LogP contribution is -2.56. The van der Waals surface area contributed by atoms with Crippen LogP contribution in [0.25, 0.3) is 22.4 Å². The minimum absolute atomic E-state index is 0.00613. The molecule has 15 heteroatoms. The second-order valence-electron chi connectivity index (χ2n) is 15.7. The van der Waals surface area contributed by atoms with Crippen LogP contribution < -0.4 is 9.46 Å². The molecule has 1 aliphatic heterocycles. The van der Waals surface area contributed by atoms with Crippen LogP contribution in [0.5, 0.6) is 5.88 Å². The maximum atomic E-state index is 14.7. The lowest BCUT2D eigenvalue weighted by atomic mass is 9.43. The molecule has 0 radical (unpaired) electrons. The molecule has 1 atom stereocenters. The van der Waals surface area contributed by atoms with Crippen molar-refractivity contribution < 1.29 is 31.1 Å². The number of hydrogen-bond donors (Lipinski definition) is 1. The smallest absolute Gasteiger partial charge is 0.399 e. The zero-order chi connectivity index (χ0) is 38.4. The number of halogens is 3. The van der Waals surface area contributed by atoms with Crippen molar-refractivity contribution in [3.63, 3.8) is 0 Å². The van der Waals surface area contributed by atoms with Gasteiger partial charge in [0.15, 0.2) is 5.65 Å². The first-order chi connectivity index (χ1) is 25.4. The maximum absolute atomic E-state index is 14.7. The molecule has 0 spiro atoms. The van der Waals surface area contributed by atoms with Gasteiger partial charge in [-0.05, 0) is 100 Å². The molecule has 0 unspecified atom stereocenters. The van der Waals surface area contributed by atoms with Crippen LogP contribution >= 0.6 is 0 Å². The Morgan fingerprint density at radius 3 is 2.35 bits per heavy atom. The maximum Gasteiger partial charge on any atom is 0.399 e. The predicted molar refractivity (Wildman–Crippen MR) is 195 cm³/mol. The SMILES string of the molecule is Cc1cccc(C)c1-c1cc2nc(n1)NS(=O)(=O)c1cccc(c1)C(=O)N(Cc1cnc3cc(C(C)(C)C(F)(F)F)n(C)c3n1)[C@H](CC13CC(C1)C3)CO2. The normalized spacial score (nSPS) is 22.2. The molecule has 11 nitrogen and oxygen atoms in total. The van der Waals surface area contributed by atoms with Crippen LogP contribution in [0.3, 0.4) is 0 Å². The van der Waals surface area contributed by atoms with E-state index in [0.717, 1.165) is 49.8 Å². The fraction of sp³-hybridized carbons (Fsp3) is 0.410. The average Bonchev–Trinajstić information content (AvgIpc) is 3.41. The summed E-state index contributed by atoms with van der Waals surface area (Å²) in [6.45, 7) is 6.09. The Labute approximate surface area is 311 Å². The number of sulfonamides is 1. The number of aryl methyl sites for hydroxylation is 3. The standard InChI is InChI=1S/C39H40F3N7O4S/c1-22-8-6-9-23(2)33(22)29-14-32-46-36(45-29)47-54(51,52)28-11-7-10-25(12-28)35(50)49(27(21-53-32)18-38-15-24(16-38)17-38)20-26-19-43-30-13-31(48(5)34(30)44-26)37(3,4)39(40,41)42/h6-14,19,24,27H,15-18,20-21H2,1-5H3,(H,45,46,47)/t24?,27-,38?/m1/s1. The number of alkyl halides is 3. The van der Waals surface area contributed by atoms with Crippen LogP contribution in [0.15, 0.2) is 65.7 Å². The van der Waals surface area contributed by atoms with E-state index in [9.17, 15) is 26.4 Å². The Balaban J connectivity index is 1.24. The number of fused-ring (bicyclic) bond motifs is 5. The average molecular weight is 760 g/mol. The van der Waals surface area contributed by atoms with Crippen molar-refractivity contribution in [2.24, 2.45) is 18.4 Å². The number of nitrogens with zero attached hydrogens (tertiary/aromatic N) is 6. The number of hydrogen-bond acceptors (Lipinski definition) is 8. The highest BCUT2D eigenvalue weighted by Crippen LogP contribution is 2.67. The Morgan fingerprint density at radius 2 is 1.69 bits per heavy atom. The van der Waals surface area contributed by atoms with Gasteiger partial charge in [0.25, 0.3) is 15.9 Å². The molecule has 9 rings (SSSR count). The molecule has 5 aromatic rings. The van der Waals surface area contributed by atoms with Gasteiger partial charge in [0.1, 0.15) is 17.5 Å². The molecule has 3 fully saturated rings. The Hall–Kier alpha value is -5.05. The van der Waals surface area contributed by atoms with E-state index in [1.807, 2.05) is 32.0 Å². The molecule has 1 amide bonds. The van der Waals surface area contributed by atoms with Gasteiger partial charge in [-0.2, -0.15) is 18.2 Å². The van der Waals surface area contributed by atoms with Gasteiger partial charge < -0.3 is 14.2 Å². The summed E-state index contributed by atoms with van der Waals surface area (Å²) in [6.07, 6.45) is 0.716. The van der Waals surface area contributed by atoms with Crippen LogP contribution in [-0.2, 0) is 29.0 Å². The minimum Gasteiger partial charge on any atom is -0.475 e. The molecule has 0 saturated heterocycles. The predicted octanol–water partition coefficient (Wildman–Crippen LogP) is 7.28. The number of carbonyl (C=O) groups is 1. The van der Waals surface area contributed by atoms with Gasteiger partial charge >= 0.3 is 6.18 Å². The Kier molecular flexibility index (Phi) is 8.32. The number of benzene rings is 2. The second kappa shape index (κ2) is 12.5. The lowest BCUT2D eigenvalue weighted by molar-refractivity contribution is -0.181. The summed E-state index contributed by atoms with van der Waals surface area (Å²) in [4.78, 5) is 34.4. The number of rotatable bonds is 6. The van der Waals surface area contributed by atoms with E-state index in [4.69, 9.17) is 9.72 Å². The van der Waals surface area contributed by atoms with Gasteiger partial charge in [-0.1, -0.05) is 24.3 Å². The van der Waals surface area contributed by atoms with Crippen molar-refractivity contribution in [1.82, 2.24) is 29.4 Å². The number of nitrogens with one attached hydrogen (secondary N) is 1. The lowest BCUT2D eigenvalue weighted by Gasteiger charge is -2.63. The third-order valence-corrected chi connectivity index (χ3v) is 12.8. The first kappa shape index (κ1) is 36.0. The van der Waals surface area contributed by atoms with Crippen LogP contribution in [-0.4, -0.2) is 62.6 Å². The van der Waals surface area contributed by atoms with Gasteiger partial charge in [-0.15, -0.1) is 0 Å². The third-order valence-electron chi connectivity index (χ3n) is 11.5. The zero-order valence-electron chi connectivity index (χ0n) is 30.5. The van der Waals surface area contributed by atoms with Crippen molar-refractivity contribution in [3.8, 4) is 17.1 Å². The van der Waals surface area contributed by atoms with E-state index in [2.05, 4.69) is 19.7 Å². The molecular formula is C39H40F3N7O4S. The van der Waals surface area contributed by atoms with Crippen LogP contribution in [0, 0.1) is 25.2 Å². The monoisotopic (exact) mass is 759 g/mol. The van der Waals surface area contributed by atoms with E-state index >= 15 is 0 Å². The van der Waals surface area contributed by atoms with E-state index in [1.165, 1.54) is 42.1 Å². The van der Waals surface area contributed by atoms with Crippen molar-refractivity contribution in [2.45, 2.75) is 82.5 Å². The molecule has 6 bridgehead atoms. The van der Waals surface area contributed by atoms with Crippen molar-refractivity contribution in [2.75, 3.05) is 11.3 Å². The highest BCUT2D eigenvalue weighted by atomic mass is 32.2. The highest BCUT2D eigenvalue weighted by Gasteiger charge is 2.57. The van der Waals surface area contributed by atoms with Crippen molar-refractivity contribution in [3.05, 3.63) is 88.9 Å². The quantitative estimate of drug-likeness (QED) is 0.191. The number of amides is 1. The van der Waals surface area contributed by atoms with Crippen LogP contribution in [0.4, 0.5) is 19.1 Å². The molecule has 282 valence electrons. The summed E-state index contributed by atoms with van der Waals surface area (Å²) < 4.78 is 80.1. The fourth-order valence-electron chi connectivity index (χ4n) is 8.36. The van der Waals surface area contributed by atoms with E-state index < -0.39 is 33.6 Å². The van der Waals surface area contributed by atoms with Crippen LogP contribution in [0.1, 0.15) is 72.4 Å². The van der Waals surface area contributed by atoms with E-state index in [0.29, 0.717) is 29.2 Å². The molecule has 1 N–H and O–H groups in total. The van der Waals surface area contributed by atoms with Gasteiger partial charge in [0.05, 0.1) is 35.1 Å². The first-order valence-corrected chi connectivity index (χ1v) is 19.3. The zero-order valence-corrected chi connectivity index (χ0v) is 31.3. The van der Waals surface area contributed by atoms with Crippen molar-refractivity contribution in [1.29, 1.82) is 0 Å². The van der Waals surface area contributed by atoms with Gasteiger partial charge in [-0.3, -0.25) is 9.78 Å². The third kappa shape index (κ3) is 6.15. The molecule has 3 aromatic heterocycles. The van der Waals surface area contributed by atoms with Gasteiger partial charge in [0, 0.05) is 29.9 Å². The summed E-state index contributed by atoms with van der Waals surface area (Å²) in [7, 11) is -2.74. The largest absolute Gasteiger partial charge is 0.475 e. The minimum atomic E-state index is -4.52. The number of carbonyl (C=O) groups excluding carboxylic acids is 1. The summed E-state index contributed by atoms with van der Waals surface area (Å²) >= 11 is 0. The summed E-state index contributed by atoms with van der Waals surface area (Å²) in [5.74, 6) is 0.176. The topological polar surface area (TPSA) is 132 Å². The molecular weight excluding hydrogens is 720 g/mol. The summed E-state index contributed by atoms with van der Waals surface area (Å²) in [5.41, 5.74) is 2.06. The van der Waals surface area contributed by atoms with E-state index in [1.54, 1.807) is 17.0 Å². The fourth-order valence-corrected chi connectivity index (χ4v) is 9.35. The number of anilines is 1. The number of aromatic nitrogens is 5. The molecule has 3 aliphatic carbocycles. The molecule has 4 aliphatic rings. The summed E-state index contributed by atoms with van der Waals surface area (Å²) in [5, 5.41) is 0. The van der Waals surface area contributed by atoms with Crippen molar-refractivity contribution >= 4 is 33.0 Å². The van der Waals surface area contributed by atoms with E-state index in [-0.39, 0.29) is 52.2 Å². The molecule has 54 heavy (non-hydrogen) atoms. The molecule has 3 saturated carbocycles. The first-order valence-electron chi connectivity index (χ1n) is 17.8. The Bertz CT molecular complexity index is 2410. The second-order valence-corrected chi connectivity index (χ2v) is 17.4. The number of ether oxygens (including phenoxy) is 1. The molecule has 4 heterocycles. The Morgan fingerprint density at radius 1 is 0.981 bits per heavy atom. The van der Waals surface area contributed by atoms with Gasteiger partial charge in [-0.25, -0.2) is 23.1 Å².